The second-order valence-electron chi connectivity index (χ2n) is 11.4. The summed E-state index contributed by atoms with van der Waals surface area (Å²) in [7, 11) is 0. The first-order chi connectivity index (χ1) is 15.3. The van der Waals surface area contributed by atoms with E-state index in [0.29, 0.717) is 11.8 Å². The number of hydrogen-bond donors (Lipinski definition) is 1. The third-order valence-corrected chi connectivity index (χ3v) is 10.7. The van der Waals surface area contributed by atoms with Crippen molar-refractivity contribution in [1.29, 1.82) is 0 Å². The summed E-state index contributed by atoms with van der Waals surface area (Å²) >= 11 is 3.48. The first-order valence-corrected chi connectivity index (χ1v) is 13.0. The molecule has 2 saturated heterocycles. The van der Waals surface area contributed by atoms with Gasteiger partial charge in [-0.25, -0.2) is 9.78 Å². The molecule has 5 nitrogen and oxygen atoms in total. The lowest BCUT2D eigenvalue weighted by Gasteiger charge is -2.71. The molecular formula is C26H33BrN2O3. The van der Waals surface area contributed by atoms with Crippen LogP contribution in [0.1, 0.15) is 77.2 Å². The summed E-state index contributed by atoms with van der Waals surface area (Å²) in [5.74, 6) is 0.908. The van der Waals surface area contributed by atoms with Gasteiger partial charge in [-0.3, -0.25) is 0 Å². The van der Waals surface area contributed by atoms with Crippen LogP contribution < -0.4 is 0 Å². The molecule has 6 aliphatic rings. The maximum Gasteiger partial charge on any atom is 0.112 e. The molecule has 6 heteroatoms. The minimum absolute atomic E-state index is 0.0127. The molecule has 0 amide bonds. The first kappa shape index (κ1) is 21.5. The molecule has 2 aliphatic heterocycles. The van der Waals surface area contributed by atoms with Gasteiger partial charge in [-0.15, -0.1) is 0 Å². The van der Waals surface area contributed by atoms with Crippen molar-refractivity contribution in [1.82, 2.24) is 0 Å². The van der Waals surface area contributed by atoms with Gasteiger partial charge >= 0.3 is 0 Å². The van der Waals surface area contributed by atoms with Crippen LogP contribution in [0.15, 0.2) is 38.9 Å². The van der Waals surface area contributed by atoms with E-state index in [4.69, 9.17) is 14.9 Å². The number of hydrogen-bond acceptors (Lipinski definition) is 5. The smallest absolute Gasteiger partial charge is 0.112 e. The summed E-state index contributed by atoms with van der Waals surface area (Å²) in [4.78, 5) is 12.8. The van der Waals surface area contributed by atoms with Gasteiger partial charge in [0.05, 0.1) is 12.3 Å². The first-order valence-electron chi connectivity index (χ1n) is 12.2. The van der Waals surface area contributed by atoms with Crippen LogP contribution in [0.3, 0.4) is 0 Å². The standard InChI is InChI=1S/C26H33BrN2O3/c1-23-11-10-21-24(2)12-9-19(30)15-25(24)13-14-26(21,32-31-25)20(23)7-8-22(23)29-28-16-17-3-5-18(27)6-4-17/h3-6,16,19-21,30H,7-15H2,1-2H3/b28-16+,29-22-/t19-,20+,21+,23-,24+,25+,26-/m0/s1. The number of nitrogens with zero attached hydrogens (tertiary/aromatic N) is 2. The molecule has 0 unspecified atom stereocenters. The van der Waals surface area contributed by atoms with Gasteiger partial charge < -0.3 is 5.11 Å². The predicted molar refractivity (Wildman–Crippen MR) is 128 cm³/mol. The maximum absolute atomic E-state index is 10.4. The lowest BCUT2D eigenvalue weighted by Crippen LogP contribution is -2.75. The summed E-state index contributed by atoms with van der Waals surface area (Å²) in [6.07, 6.45) is 10.6. The monoisotopic (exact) mass is 500 g/mol. The number of benzene rings is 1. The predicted octanol–water partition coefficient (Wildman–Crippen LogP) is 5.83. The van der Waals surface area contributed by atoms with Gasteiger partial charge in [0.25, 0.3) is 0 Å². The van der Waals surface area contributed by atoms with Gasteiger partial charge in [0, 0.05) is 33.4 Å². The van der Waals surface area contributed by atoms with E-state index in [1.54, 1.807) is 0 Å². The molecule has 1 aromatic carbocycles. The molecular weight excluding hydrogens is 468 g/mol. The van der Waals surface area contributed by atoms with Gasteiger partial charge in [-0.2, -0.15) is 10.2 Å². The Morgan fingerprint density at radius 2 is 1.81 bits per heavy atom. The highest BCUT2D eigenvalue weighted by Crippen LogP contribution is 2.73. The van der Waals surface area contributed by atoms with Crippen molar-refractivity contribution in [3.63, 3.8) is 0 Å². The van der Waals surface area contributed by atoms with Crippen LogP contribution in [0.25, 0.3) is 0 Å². The van der Waals surface area contributed by atoms with E-state index >= 15 is 0 Å². The Bertz CT molecular complexity index is 968. The zero-order valence-electron chi connectivity index (χ0n) is 19.0. The van der Waals surface area contributed by atoms with Gasteiger partial charge in [0.15, 0.2) is 0 Å². The average molecular weight is 501 g/mol. The molecule has 1 aromatic rings. The van der Waals surface area contributed by atoms with Crippen LogP contribution in [0.4, 0.5) is 0 Å². The Morgan fingerprint density at radius 1 is 1.00 bits per heavy atom. The van der Waals surface area contributed by atoms with Crippen molar-refractivity contribution in [2.24, 2.45) is 32.9 Å². The third kappa shape index (κ3) is 2.79. The highest BCUT2D eigenvalue weighted by Gasteiger charge is 2.75. The van der Waals surface area contributed by atoms with Crippen molar-refractivity contribution in [2.75, 3.05) is 0 Å². The molecule has 2 heterocycles. The van der Waals surface area contributed by atoms with E-state index in [-0.39, 0.29) is 28.1 Å². The molecule has 4 aliphatic carbocycles. The highest BCUT2D eigenvalue weighted by molar-refractivity contribution is 9.10. The zero-order chi connectivity index (χ0) is 22.2. The number of fused-ring (bicyclic) bond motifs is 3. The van der Waals surface area contributed by atoms with Crippen LogP contribution >= 0.6 is 15.9 Å². The average Bonchev–Trinajstić information content (AvgIpc) is 3.12. The minimum Gasteiger partial charge on any atom is -0.393 e. The van der Waals surface area contributed by atoms with Crippen LogP contribution in [-0.4, -0.2) is 34.3 Å². The van der Waals surface area contributed by atoms with E-state index in [1.807, 2.05) is 30.5 Å². The molecule has 7 atom stereocenters. The Kier molecular flexibility index (Phi) is 4.83. The molecule has 2 bridgehead atoms. The third-order valence-electron chi connectivity index (χ3n) is 10.1. The van der Waals surface area contributed by atoms with Gasteiger partial charge in [0.1, 0.15) is 11.2 Å². The molecule has 0 aromatic heterocycles. The summed E-state index contributed by atoms with van der Waals surface area (Å²) in [6, 6.07) is 8.13. The zero-order valence-corrected chi connectivity index (χ0v) is 20.6. The fourth-order valence-corrected chi connectivity index (χ4v) is 8.64. The highest BCUT2D eigenvalue weighted by atomic mass is 79.9. The van der Waals surface area contributed by atoms with E-state index < -0.39 is 0 Å². The molecule has 6 fully saturated rings. The van der Waals surface area contributed by atoms with Gasteiger partial charge in [0.2, 0.25) is 0 Å². The fourth-order valence-electron chi connectivity index (χ4n) is 8.38. The molecule has 7 rings (SSSR count). The minimum atomic E-state index is -0.310. The lowest BCUT2D eigenvalue weighted by molar-refractivity contribution is -0.535. The summed E-state index contributed by atoms with van der Waals surface area (Å²) in [6.45, 7) is 4.81. The SMILES string of the molecule is C[C@]12CC[C@H]3[C@]4(CC[C@]5(C[C@@H](O)CC[C@]35C)OO4)[C@@H]1CC/C2=N/N=C/c1ccc(Br)cc1. The quantitative estimate of drug-likeness (QED) is 0.315. The van der Waals surface area contributed by atoms with E-state index in [9.17, 15) is 5.11 Å². The number of aliphatic hydroxyl groups excluding tert-OH is 1. The van der Waals surface area contributed by atoms with Crippen LogP contribution in [0.2, 0.25) is 0 Å². The van der Waals surface area contributed by atoms with Crippen molar-refractivity contribution in [3.8, 4) is 0 Å². The normalized spacial score (nSPS) is 48.6. The number of rotatable bonds is 2. The Labute approximate surface area is 198 Å². The Hall–Kier alpha value is -1.08. The van der Waals surface area contributed by atoms with Crippen molar-refractivity contribution < 1.29 is 14.9 Å². The Morgan fingerprint density at radius 3 is 2.56 bits per heavy atom. The van der Waals surface area contributed by atoms with Crippen LogP contribution in [-0.2, 0) is 9.78 Å². The van der Waals surface area contributed by atoms with Crippen LogP contribution in [0.5, 0.6) is 0 Å². The molecule has 2 spiro atoms. The second kappa shape index (κ2) is 7.21. The molecule has 32 heavy (non-hydrogen) atoms. The van der Waals surface area contributed by atoms with E-state index in [1.165, 1.54) is 5.71 Å². The maximum atomic E-state index is 10.4. The van der Waals surface area contributed by atoms with Crippen molar-refractivity contribution in [2.45, 2.75) is 88.9 Å². The summed E-state index contributed by atoms with van der Waals surface area (Å²) in [5, 5.41) is 19.7. The number of halogens is 1. The molecule has 0 radical (unpaired) electrons. The van der Waals surface area contributed by atoms with Gasteiger partial charge in [-0.1, -0.05) is 41.9 Å². The van der Waals surface area contributed by atoms with E-state index in [2.05, 4.69) is 34.9 Å². The Balaban J connectivity index is 1.29. The van der Waals surface area contributed by atoms with Gasteiger partial charge in [-0.05, 0) is 75.0 Å². The fraction of sp³-hybridized carbons (Fsp3) is 0.692. The topological polar surface area (TPSA) is 63.4 Å². The molecule has 4 saturated carbocycles. The summed E-state index contributed by atoms with van der Waals surface area (Å²) in [5.41, 5.74) is 1.84. The van der Waals surface area contributed by atoms with Crippen molar-refractivity contribution in [3.05, 3.63) is 34.3 Å². The van der Waals surface area contributed by atoms with E-state index in [0.717, 1.165) is 67.8 Å². The molecule has 172 valence electrons. The molecule has 1 N–H and O–H groups in total. The lowest BCUT2D eigenvalue weighted by atomic mass is 9.41. The van der Waals surface area contributed by atoms with Crippen LogP contribution in [0, 0.1) is 22.7 Å². The largest absolute Gasteiger partial charge is 0.393 e. The number of aliphatic hydroxyl groups is 1. The van der Waals surface area contributed by atoms with Crippen molar-refractivity contribution >= 4 is 27.9 Å². The summed E-state index contributed by atoms with van der Waals surface area (Å²) < 4.78 is 1.07. The second-order valence-corrected chi connectivity index (χ2v) is 12.3.